The molecule has 4 rings (SSSR count). The van der Waals surface area contributed by atoms with Gasteiger partial charge in [0.15, 0.2) is 6.61 Å². The lowest BCUT2D eigenvalue weighted by molar-refractivity contribution is -0.118. The molecule has 0 saturated carbocycles. The Bertz CT molecular complexity index is 1040. The quantitative estimate of drug-likeness (QED) is 0.655. The normalized spacial score (nSPS) is 14.1. The summed E-state index contributed by atoms with van der Waals surface area (Å²) in [6.07, 6.45) is 0. The Labute approximate surface area is 155 Å². The molecule has 138 valence electrons. The van der Waals surface area contributed by atoms with E-state index in [9.17, 15) is 9.59 Å². The number of carbonyl (C=O) groups is 2. The molecule has 0 saturated heterocycles. The van der Waals surface area contributed by atoms with Crippen molar-refractivity contribution < 1.29 is 18.7 Å². The summed E-state index contributed by atoms with van der Waals surface area (Å²) in [5, 5.41) is 9.40. The maximum atomic E-state index is 12.4. The van der Waals surface area contributed by atoms with E-state index >= 15 is 0 Å². The van der Waals surface area contributed by atoms with Gasteiger partial charge in [-0.2, -0.15) is 0 Å². The predicted octanol–water partition coefficient (Wildman–Crippen LogP) is 3.95. The van der Waals surface area contributed by atoms with Crippen LogP contribution < -0.4 is 20.7 Å². The molecule has 3 N–H and O–H groups in total. The molecule has 7 heteroatoms. The number of fused-ring (bicyclic) bond motifs is 2. The average molecular weight is 365 g/mol. The van der Waals surface area contributed by atoms with Gasteiger partial charge in [0.2, 0.25) is 0 Å². The van der Waals surface area contributed by atoms with Crippen LogP contribution in [-0.2, 0) is 4.79 Å². The van der Waals surface area contributed by atoms with Crippen LogP contribution in [0.5, 0.6) is 5.75 Å². The van der Waals surface area contributed by atoms with Gasteiger partial charge in [-0.05, 0) is 32.0 Å². The van der Waals surface area contributed by atoms with E-state index in [-0.39, 0.29) is 24.6 Å². The minimum atomic E-state index is -0.359. The zero-order chi connectivity index (χ0) is 19.0. The first-order chi connectivity index (χ1) is 13.0. The number of rotatable bonds is 3. The van der Waals surface area contributed by atoms with E-state index in [4.69, 9.17) is 9.15 Å². The minimum Gasteiger partial charge on any atom is -0.482 e. The maximum Gasteiger partial charge on any atom is 0.319 e. The highest BCUT2D eigenvalue weighted by atomic mass is 16.5. The molecule has 0 bridgehead atoms. The molecule has 2 heterocycles. The van der Waals surface area contributed by atoms with Crippen molar-refractivity contribution in [3.05, 3.63) is 53.8 Å². The van der Waals surface area contributed by atoms with Crippen molar-refractivity contribution in [1.82, 2.24) is 5.32 Å². The van der Waals surface area contributed by atoms with Crippen LogP contribution in [0.3, 0.4) is 0 Å². The Hall–Kier alpha value is -3.48. The Kier molecular flexibility index (Phi) is 4.19. The molecule has 1 aromatic heterocycles. The first-order valence-electron chi connectivity index (χ1n) is 8.63. The van der Waals surface area contributed by atoms with Gasteiger partial charge < -0.3 is 25.1 Å². The number of hydrogen-bond acceptors (Lipinski definition) is 4. The summed E-state index contributed by atoms with van der Waals surface area (Å²) in [7, 11) is 0. The minimum absolute atomic E-state index is 0.0367. The molecule has 1 aliphatic rings. The Balaban J connectivity index is 1.46. The summed E-state index contributed by atoms with van der Waals surface area (Å²) in [5.74, 6) is 1.05. The molecule has 1 aliphatic heterocycles. The molecule has 1 unspecified atom stereocenters. The van der Waals surface area contributed by atoms with Gasteiger partial charge in [0.05, 0.1) is 11.7 Å². The van der Waals surface area contributed by atoms with Crippen LogP contribution in [0.4, 0.5) is 16.2 Å². The van der Waals surface area contributed by atoms with Gasteiger partial charge in [0.25, 0.3) is 5.91 Å². The van der Waals surface area contributed by atoms with Crippen molar-refractivity contribution in [3.63, 3.8) is 0 Å². The van der Waals surface area contributed by atoms with Gasteiger partial charge in [-0.3, -0.25) is 4.79 Å². The van der Waals surface area contributed by atoms with Crippen LogP contribution in [-0.4, -0.2) is 18.5 Å². The monoisotopic (exact) mass is 365 g/mol. The molecular weight excluding hydrogens is 346 g/mol. The standard InChI is InChI=1S/C20H19N3O4/c1-11-14-5-3-4-6-16(14)27-19(11)12(2)21-20(25)22-13-7-8-15-17(9-13)26-10-18(24)23-15/h3-9,12H,10H2,1-2H3,(H,23,24)(H2,21,22,25). The predicted molar refractivity (Wildman–Crippen MR) is 102 cm³/mol. The molecule has 2 aromatic carbocycles. The molecule has 0 radical (unpaired) electrons. The summed E-state index contributed by atoms with van der Waals surface area (Å²) in [6.45, 7) is 3.81. The molecule has 1 atom stereocenters. The molecule has 3 aromatic rings. The first kappa shape index (κ1) is 17.0. The fourth-order valence-corrected chi connectivity index (χ4v) is 3.19. The SMILES string of the molecule is Cc1c(C(C)NC(=O)Nc2ccc3c(c2)OCC(=O)N3)oc2ccccc12. The van der Waals surface area contributed by atoms with Gasteiger partial charge in [-0.15, -0.1) is 0 Å². The van der Waals surface area contributed by atoms with E-state index in [1.165, 1.54) is 0 Å². The molecule has 0 fully saturated rings. The van der Waals surface area contributed by atoms with Crippen molar-refractivity contribution in [3.8, 4) is 5.75 Å². The van der Waals surface area contributed by atoms with E-state index in [1.54, 1.807) is 18.2 Å². The Morgan fingerprint density at radius 1 is 1.22 bits per heavy atom. The number of ether oxygens (including phenoxy) is 1. The highest BCUT2D eigenvalue weighted by Crippen LogP contribution is 2.31. The van der Waals surface area contributed by atoms with Crippen LogP contribution in [0.1, 0.15) is 24.3 Å². The van der Waals surface area contributed by atoms with E-state index < -0.39 is 0 Å². The van der Waals surface area contributed by atoms with E-state index in [1.807, 2.05) is 38.1 Å². The van der Waals surface area contributed by atoms with Crippen molar-refractivity contribution >= 4 is 34.3 Å². The highest BCUT2D eigenvalue weighted by molar-refractivity contribution is 5.96. The molecule has 27 heavy (non-hydrogen) atoms. The second-order valence-corrected chi connectivity index (χ2v) is 6.46. The van der Waals surface area contributed by atoms with Crippen molar-refractivity contribution in [2.24, 2.45) is 0 Å². The third-order valence-electron chi connectivity index (χ3n) is 4.49. The number of amides is 3. The Morgan fingerprint density at radius 3 is 2.85 bits per heavy atom. The number of furan rings is 1. The van der Waals surface area contributed by atoms with Crippen LogP contribution in [0, 0.1) is 6.92 Å². The smallest absolute Gasteiger partial charge is 0.319 e. The summed E-state index contributed by atoms with van der Waals surface area (Å²) in [6, 6.07) is 12.2. The van der Waals surface area contributed by atoms with Crippen LogP contribution in [0.15, 0.2) is 46.9 Å². The largest absolute Gasteiger partial charge is 0.482 e. The Morgan fingerprint density at radius 2 is 2.04 bits per heavy atom. The summed E-state index contributed by atoms with van der Waals surface area (Å²) >= 11 is 0. The number of hydrogen-bond donors (Lipinski definition) is 3. The third kappa shape index (κ3) is 3.31. The van der Waals surface area contributed by atoms with Gasteiger partial charge in [-0.1, -0.05) is 18.2 Å². The first-order valence-corrected chi connectivity index (χ1v) is 8.63. The highest BCUT2D eigenvalue weighted by Gasteiger charge is 2.19. The zero-order valence-electron chi connectivity index (χ0n) is 15.0. The topological polar surface area (TPSA) is 92.6 Å². The van der Waals surface area contributed by atoms with Crippen LogP contribution in [0.2, 0.25) is 0 Å². The fourth-order valence-electron chi connectivity index (χ4n) is 3.19. The number of benzene rings is 2. The van der Waals surface area contributed by atoms with Crippen molar-refractivity contribution in [2.45, 2.75) is 19.9 Å². The number of aryl methyl sites for hydroxylation is 1. The van der Waals surface area contributed by atoms with Crippen molar-refractivity contribution in [2.75, 3.05) is 17.2 Å². The number of para-hydroxylation sites is 1. The van der Waals surface area contributed by atoms with E-state index in [2.05, 4.69) is 16.0 Å². The van der Waals surface area contributed by atoms with Gasteiger partial charge in [0.1, 0.15) is 17.1 Å². The zero-order valence-corrected chi connectivity index (χ0v) is 15.0. The molecule has 0 spiro atoms. The van der Waals surface area contributed by atoms with Crippen molar-refractivity contribution in [1.29, 1.82) is 0 Å². The van der Waals surface area contributed by atoms with Crippen LogP contribution >= 0.6 is 0 Å². The molecule has 0 aliphatic carbocycles. The number of urea groups is 1. The second-order valence-electron chi connectivity index (χ2n) is 6.46. The summed E-state index contributed by atoms with van der Waals surface area (Å²) < 4.78 is 11.3. The lowest BCUT2D eigenvalue weighted by Crippen LogP contribution is -2.31. The van der Waals surface area contributed by atoms with Gasteiger partial charge in [0, 0.05) is 22.7 Å². The number of anilines is 2. The maximum absolute atomic E-state index is 12.4. The number of nitrogens with one attached hydrogen (secondary N) is 3. The van der Waals surface area contributed by atoms with Gasteiger partial charge in [-0.25, -0.2) is 4.79 Å². The third-order valence-corrected chi connectivity index (χ3v) is 4.49. The van der Waals surface area contributed by atoms with E-state index in [0.717, 1.165) is 22.3 Å². The van der Waals surface area contributed by atoms with E-state index in [0.29, 0.717) is 17.1 Å². The fraction of sp³-hybridized carbons (Fsp3) is 0.200. The van der Waals surface area contributed by atoms with Crippen LogP contribution in [0.25, 0.3) is 11.0 Å². The second kappa shape index (κ2) is 6.68. The lowest BCUT2D eigenvalue weighted by atomic mass is 10.1. The average Bonchev–Trinajstić information content (AvgIpc) is 2.99. The molecular formula is C20H19N3O4. The summed E-state index contributed by atoms with van der Waals surface area (Å²) in [5.41, 5.74) is 2.96. The molecule has 7 nitrogen and oxygen atoms in total. The number of carbonyl (C=O) groups excluding carboxylic acids is 2. The molecule has 3 amide bonds. The van der Waals surface area contributed by atoms with Gasteiger partial charge >= 0.3 is 6.03 Å². The lowest BCUT2D eigenvalue weighted by Gasteiger charge is -2.19. The summed E-state index contributed by atoms with van der Waals surface area (Å²) in [4.78, 5) is 23.7.